The zero-order valence-corrected chi connectivity index (χ0v) is 18.4. The summed E-state index contributed by atoms with van der Waals surface area (Å²) in [7, 11) is 0. The van der Waals surface area contributed by atoms with Gasteiger partial charge in [-0.15, -0.1) is 0 Å². The van der Waals surface area contributed by atoms with Crippen LogP contribution in [0.2, 0.25) is 0 Å². The molecule has 0 bridgehead atoms. The zero-order valence-electron chi connectivity index (χ0n) is 18.4. The van der Waals surface area contributed by atoms with Crippen molar-refractivity contribution in [3.63, 3.8) is 0 Å². The van der Waals surface area contributed by atoms with E-state index in [2.05, 4.69) is 0 Å². The van der Waals surface area contributed by atoms with Crippen molar-refractivity contribution >= 4 is 11.7 Å². The normalized spacial score (nSPS) is 10.7. The quantitative estimate of drug-likeness (QED) is 0.130. The first-order valence-corrected chi connectivity index (χ1v) is 10.9. The molecule has 176 valence electrons. The van der Waals surface area contributed by atoms with Gasteiger partial charge in [0.25, 0.3) is 5.69 Å². The van der Waals surface area contributed by atoms with Crippen molar-refractivity contribution < 1.29 is 33.4 Å². The number of hydrogen-bond acceptors (Lipinski definition) is 8. The zero-order chi connectivity index (χ0) is 22.6. The van der Waals surface area contributed by atoms with Crippen LogP contribution in [0, 0.1) is 10.1 Å². The van der Waals surface area contributed by atoms with Gasteiger partial charge in [0.05, 0.1) is 18.1 Å². The van der Waals surface area contributed by atoms with Gasteiger partial charge in [0.2, 0.25) is 0 Å². The van der Waals surface area contributed by atoms with Gasteiger partial charge in [-0.3, -0.25) is 10.1 Å². The van der Waals surface area contributed by atoms with Gasteiger partial charge in [0.15, 0.2) is 0 Å². The van der Waals surface area contributed by atoms with E-state index < -0.39 is 4.92 Å². The molecule has 0 saturated heterocycles. The minimum absolute atomic E-state index is 0.0000301. The van der Waals surface area contributed by atoms with Crippen LogP contribution < -0.4 is 4.74 Å². The average molecular weight is 442 g/mol. The van der Waals surface area contributed by atoms with E-state index in [-0.39, 0.29) is 18.3 Å². The molecule has 0 aliphatic heterocycles. The van der Waals surface area contributed by atoms with Crippen LogP contribution in [0.4, 0.5) is 5.69 Å². The monoisotopic (exact) mass is 441 g/mol. The van der Waals surface area contributed by atoms with Gasteiger partial charge in [-0.25, -0.2) is 4.79 Å². The maximum Gasteiger partial charge on any atom is 0.332 e. The second kappa shape index (κ2) is 18.5. The molecule has 0 radical (unpaired) electrons. The molecule has 1 aromatic rings. The van der Waals surface area contributed by atoms with Gasteiger partial charge in [0.1, 0.15) is 12.4 Å². The minimum Gasteiger partial charge on any atom is -0.494 e. The first kappa shape index (κ1) is 26.8. The smallest absolute Gasteiger partial charge is 0.332 e. The molecule has 0 aromatic heterocycles. The third-order valence-electron chi connectivity index (χ3n) is 4.13. The van der Waals surface area contributed by atoms with E-state index in [4.69, 9.17) is 23.7 Å². The molecule has 1 aromatic carbocycles. The van der Waals surface area contributed by atoms with E-state index in [0.29, 0.717) is 52.0 Å². The number of non-ortho nitro benzene ring substituents is 1. The Hall–Kier alpha value is -2.23. The molecule has 0 atom stereocenters. The van der Waals surface area contributed by atoms with Crippen LogP contribution in [0.5, 0.6) is 5.75 Å². The summed E-state index contributed by atoms with van der Waals surface area (Å²) in [4.78, 5) is 21.5. The van der Waals surface area contributed by atoms with Crippen molar-refractivity contribution in [1.29, 1.82) is 0 Å². The molecule has 0 N–H and O–H groups in total. The summed E-state index contributed by atoms with van der Waals surface area (Å²) in [5, 5.41) is 10.6. The fraction of sp³-hybridized carbons (Fsp3) is 0.682. The second-order valence-corrected chi connectivity index (χ2v) is 6.87. The molecular formula is C22H35NO8. The van der Waals surface area contributed by atoms with Crippen LogP contribution in [-0.4, -0.2) is 63.7 Å². The molecule has 9 heteroatoms. The summed E-state index contributed by atoms with van der Waals surface area (Å²) in [6.07, 6.45) is 5.21. The summed E-state index contributed by atoms with van der Waals surface area (Å²) in [5.74, 6) is 0.298. The van der Waals surface area contributed by atoms with Crippen LogP contribution in [-0.2, 0) is 23.7 Å². The Kier molecular flexibility index (Phi) is 16.0. The van der Waals surface area contributed by atoms with Crippen LogP contribution in [0.3, 0.4) is 0 Å². The van der Waals surface area contributed by atoms with Crippen LogP contribution >= 0.6 is 0 Å². The molecule has 1 rings (SSSR count). The molecule has 9 nitrogen and oxygen atoms in total. The highest BCUT2D eigenvalue weighted by atomic mass is 16.6. The van der Waals surface area contributed by atoms with Gasteiger partial charge in [-0.2, -0.15) is 0 Å². The number of nitro benzene ring substituents is 1. The highest BCUT2D eigenvalue weighted by molar-refractivity contribution is 5.70. The van der Waals surface area contributed by atoms with E-state index >= 15 is 0 Å². The lowest BCUT2D eigenvalue weighted by molar-refractivity contribution is -0.384. The highest BCUT2D eigenvalue weighted by Gasteiger charge is 2.04. The standard InChI is InChI=1S/C22H35NO8/c1-2-3-17-31-22(24)19-29-16-6-14-27-12-4-5-13-28-15-7-18-30-21-10-8-20(9-11-21)23(25)26/h8-11H,2-7,12-19H2,1H3. The number of esters is 1. The Balaban J connectivity index is 1.79. The van der Waals surface area contributed by atoms with Crippen molar-refractivity contribution in [3.8, 4) is 5.75 Å². The van der Waals surface area contributed by atoms with E-state index in [9.17, 15) is 14.9 Å². The molecule has 0 aliphatic rings. The van der Waals surface area contributed by atoms with Crippen LogP contribution in [0.15, 0.2) is 24.3 Å². The van der Waals surface area contributed by atoms with Gasteiger partial charge < -0.3 is 23.7 Å². The molecule has 0 spiro atoms. The first-order chi connectivity index (χ1) is 15.1. The molecule has 0 fully saturated rings. The summed E-state index contributed by atoms with van der Waals surface area (Å²) in [6.45, 7) is 6.03. The Labute approximate surface area is 184 Å². The van der Waals surface area contributed by atoms with Crippen molar-refractivity contribution in [2.75, 3.05) is 52.9 Å². The number of nitrogens with zero attached hydrogens (tertiary/aromatic N) is 1. The Morgan fingerprint density at radius 3 is 2.00 bits per heavy atom. The number of ether oxygens (including phenoxy) is 5. The summed E-state index contributed by atoms with van der Waals surface area (Å²) >= 11 is 0. The lowest BCUT2D eigenvalue weighted by Crippen LogP contribution is -2.14. The summed E-state index contributed by atoms with van der Waals surface area (Å²) < 4.78 is 26.8. The number of rotatable bonds is 20. The molecule has 0 heterocycles. The number of unbranched alkanes of at least 4 members (excludes halogenated alkanes) is 2. The fourth-order valence-electron chi connectivity index (χ4n) is 2.42. The molecule has 0 saturated carbocycles. The van der Waals surface area contributed by atoms with Crippen molar-refractivity contribution in [2.24, 2.45) is 0 Å². The maximum atomic E-state index is 11.3. The molecule has 0 aliphatic carbocycles. The van der Waals surface area contributed by atoms with E-state index in [0.717, 1.165) is 38.5 Å². The maximum absolute atomic E-state index is 11.3. The van der Waals surface area contributed by atoms with Crippen molar-refractivity contribution in [1.82, 2.24) is 0 Å². The number of hydrogen-bond donors (Lipinski definition) is 0. The topological polar surface area (TPSA) is 106 Å². The minimum atomic E-state index is -0.437. The Bertz CT molecular complexity index is 594. The summed E-state index contributed by atoms with van der Waals surface area (Å²) in [6, 6.07) is 6.03. The van der Waals surface area contributed by atoms with E-state index in [1.165, 1.54) is 12.1 Å². The number of carbonyl (C=O) groups excluding carboxylic acids is 1. The largest absolute Gasteiger partial charge is 0.494 e. The van der Waals surface area contributed by atoms with Crippen molar-refractivity contribution in [2.45, 2.75) is 45.4 Å². The number of nitro groups is 1. The van der Waals surface area contributed by atoms with Crippen molar-refractivity contribution in [3.05, 3.63) is 34.4 Å². The van der Waals surface area contributed by atoms with Gasteiger partial charge in [-0.05, 0) is 37.8 Å². The van der Waals surface area contributed by atoms with Gasteiger partial charge >= 0.3 is 5.97 Å². The van der Waals surface area contributed by atoms with Gasteiger partial charge in [0, 0.05) is 51.6 Å². The number of benzene rings is 1. The predicted molar refractivity (Wildman–Crippen MR) is 115 cm³/mol. The van der Waals surface area contributed by atoms with Gasteiger partial charge in [-0.1, -0.05) is 13.3 Å². The molecular weight excluding hydrogens is 406 g/mol. The van der Waals surface area contributed by atoms with E-state index in [1.807, 2.05) is 6.92 Å². The first-order valence-electron chi connectivity index (χ1n) is 10.9. The van der Waals surface area contributed by atoms with Crippen LogP contribution in [0.1, 0.15) is 45.4 Å². The highest BCUT2D eigenvalue weighted by Crippen LogP contribution is 2.17. The Morgan fingerprint density at radius 2 is 1.39 bits per heavy atom. The average Bonchev–Trinajstić information content (AvgIpc) is 2.77. The molecule has 0 unspecified atom stereocenters. The third-order valence-corrected chi connectivity index (χ3v) is 4.13. The lowest BCUT2D eigenvalue weighted by Gasteiger charge is -2.08. The van der Waals surface area contributed by atoms with E-state index in [1.54, 1.807) is 12.1 Å². The number of carbonyl (C=O) groups is 1. The molecule has 31 heavy (non-hydrogen) atoms. The predicted octanol–water partition coefficient (Wildman–Crippen LogP) is 3.93. The second-order valence-electron chi connectivity index (χ2n) is 6.87. The summed E-state index contributed by atoms with van der Waals surface area (Å²) in [5.41, 5.74) is 0.0488. The Morgan fingerprint density at radius 1 is 0.806 bits per heavy atom. The lowest BCUT2D eigenvalue weighted by atomic mass is 10.3. The SMILES string of the molecule is CCCCOC(=O)COCCCOCCCCOCCCOc1ccc([N+](=O)[O-])cc1. The fourth-order valence-corrected chi connectivity index (χ4v) is 2.42. The van der Waals surface area contributed by atoms with Crippen LogP contribution in [0.25, 0.3) is 0 Å². The molecule has 0 amide bonds. The third kappa shape index (κ3) is 15.3.